The number of hydrogen-bond donors (Lipinski definition) is 0. The smallest absolute Gasteiger partial charge is 0.0145 e. The van der Waals surface area contributed by atoms with Gasteiger partial charge in [0.05, 0.1) is 0 Å². The van der Waals surface area contributed by atoms with Crippen molar-refractivity contribution in [3.05, 3.63) is 118 Å². The first-order valence-corrected chi connectivity index (χ1v) is 11.2. The molecule has 30 heavy (non-hydrogen) atoms. The van der Waals surface area contributed by atoms with Gasteiger partial charge in [0.2, 0.25) is 0 Å². The minimum atomic E-state index is 0.453. The van der Waals surface area contributed by atoms with E-state index >= 15 is 0 Å². The molecule has 0 fully saturated rings. The molecule has 0 aromatic heterocycles. The third kappa shape index (κ3) is 2.60. The van der Waals surface area contributed by atoms with Crippen molar-refractivity contribution in [1.82, 2.24) is 0 Å². The average Bonchev–Trinajstić information content (AvgIpc) is 3.32. The maximum absolute atomic E-state index is 2.37. The topological polar surface area (TPSA) is 0 Å². The Labute approximate surface area is 179 Å². The second-order valence-corrected chi connectivity index (χ2v) is 8.75. The van der Waals surface area contributed by atoms with Gasteiger partial charge in [-0.15, -0.1) is 0 Å². The molecule has 0 spiro atoms. The quantitative estimate of drug-likeness (QED) is 0.299. The largest absolute Gasteiger partial charge is 0.0651 e. The lowest BCUT2D eigenvalue weighted by Crippen LogP contribution is -2.06. The first kappa shape index (κ1) is 17.7. The lowest BCUT2D eigenvalue weighted by Gasteiger charge is -2.19. The van der Waals surface area contributed by atoms with Crippen LogP contribution in [-0.4, -0.2) is 0 Å². The summed E-state index contributed by atoms with van der Waals surface area (Å²) < 4.78 is 0. The fourth-order valence-electron chi connectivity index (χ4n) is 5.79. The Hall–Kier alpha value is -3.12. The van der Waals surface area contributed by atoms with E-state index in [4.69, 9.17) is 0 Å². The zero-order valence-corrected chi connectivity index (χ0v) is 17.5. The Morgan fingerprint density at radius 1 is 0.667 bits per heavy atom. The van der Waals surface area contributed by atoms with Crippen molar-refractivity contribution >= 4 is 0 Å². The third-order valence-electron chi connectivity index (χ3n) is 7.06. The van der Waals surface area contributed by atoms with E-state index in [0.29, 0.717) is 5.92 Å². The van der Waals surface area contributed by atoms with Crippen LogP contribution in [0.15, 0.2) is 84.9 Å². The molecule has 1 atom stereocenters. The van der Waals surface area contributed by atoms with Crippen LogP contribution in [0.2, 0.25) is 0 Å². The molecule has 6 rings (SSSR count). The fourth-order valence-corrected chi connectivity index (χ4v) is 5.79. The van der Waals surface area contributed by atoms with E-state index in [1.54, 1.807) is 5.56 Å². The van der Waals surface area contributed by atoms with Crippen LogP contribution >= 0.6 is 0 Å². The van der Waals surface area contributed by atoms with Gasteiger partial charge in [-0.05, 0) is 74.9 Å². The highest BCUT2D eigenvalue weighted by atomic mass is 14.3. The normalized spacial score (nSPS) is 15.4. The highest BCUT2D eigenvalue weighted by molar-refractivity contribution is 5.81. The molecule has 4 aromatic rings. The van der Waals surface area contributed by atoms with Crippen molar-refractivity contribution in [2.24, 2.45) is 0 Å². The van der Waals surface area contributed by atoms with Gasteiger partial charge in [0.25, 0.3) is 0 Å². The molecular formula is C30H26. The number of rotatable bonds is 4. The molecule has 0 radical (unpaired) electrons. The van der Waals surface area contributed by atoms with Crippen molar-refractivity contribution in [3.63, 3.8) is 0 Å². The first-order valence-electron chi connectivity index (χ1n) is 11.2. The number of fused-ring (bicyclic) bond motifs is 6. The predicted molar refractivity (Wildman–Crippen MR) is 126 cm³/mol. The summed E-state index contributed by atoms with van der Waals surface area (Å²) in [4.78, 5) is 0. The van der Waals surface area contributed by atoms with Gasteiger partial charge in [-0.1, -0.05) is 98.3 Å². The summed E-state index contributed by atoms with van der Waals surface area (Å²) in [5.41, 5.74) is 14.9. The molecule has 0 saturated heterocycles. The molecule has 2 aliphatic rings. The number of hydrogen-bond acceptors (Lipinski definition) is 0. The van der Waals surface area contributed by atoms with Crippen LogP contribution in [0, 0.1) is 0 Å². The molecule has 0 heterocycles. The van der Waals surface area contributed by atoms with Crippen LogP contribution in [0.5, 0.6) is 0 Å². The van der Waals surface area contributed by atoms with Gasteiger partial charge >= 0.3 is 0 Å². The second kappa shape index (κ2) is 6.99. The van der Waals surface area contributed by atoms with Crippen LogP contribution in [-0.2, 0) is 19.3 Å². The second-order valence-electron chi connectivity index (χ2n) is 8.75. The molecule has 0 saturated carbocycles. The molecule has 1 unspecified atom stereocenters. The third-order valence-corrected chi connectivity index (χ3v) is 7.06. The van der Waals surface area contributed by atoms with E-state index in [1.165, 1.54) is 56.5 Å². The summed E-state index contributed by atoms with van der Waals surface area (Å²) in [6.45, 7) is 2.29. The minimum Gasteiger partial charge on any atom is -0.0651 e. The van der Waals surface area contributed by atoms with E-state index in [1.807, 2.05) is 0 Å². The van der Waals surface area contributed by atoms with Gasteiger partial charge in [0, 0.05) is 5.92 Å². The van der Waals surface area contributed by atoms with Gasteiger partial charge in [-0.25, -0.2) is 0 Å². The summed E-state index contributed by atoms with van der Waals surface area (Å²) in [6, 6.07) is 31.9. The van der Waals surface area contributed by atoms with Gasteiger partial charge in [0.1, 0.15) is 0 Å². The summed E-state index contributed by atoms with van der Waals surface area (Å²) in [7, 11) is 0. The molecule has 0 N–H and O–H groups in total. The Kier molecular flexibility index (Phi) is 4.13. The Bertz CT molecular complexity index is 1260. The van der Waals surface area contributed by atoms with Gasteiger partial charge in [-0.3, -0.25) is 0 Å². The van der Waals surface area contributed by atoms with E-state index in [0.717, 1.165) is 19.3 Å². The van der Waals surface area contributed by atoms with Crippen LogP contribution < -0.4 is 0 Å². The minimum absolute atomic E-state index is 0.453. The molecule has 146 valence electrons. The lowest BCUT2D eigenvalue weighted by molar-refractivity contribution is 0.794. The molecule has 2 aliphatic carbocycles. The SMILES string of the molecule is CCCc1cccc2c1C(Cc1cccc3c1Cc1ccccc1-3)c1ccccc1-2. The maximum Gasteiger partial charge on any atom is 0.0145 e. The number of benzene rings is 4. The molecule has 4 aromatic carbocycles. The Morgan fingerprint density at radius 3 is 2.23 bits per heavy atom. The van der Waals surface area contributed by atoms with Crippen molar-refractivity contribution in [2.75, 3.05) is 0 Å². The summed E-state index contributed by atoms with van der Waals surface area (Å²) in [5.74, 6) is 0.453. The molecule has 0 aliphatic heterocycles. The van der Waals surface area contributed by atoms with Gasteiger partial charge in [0.15, 0.2) is 0 Å². The van der Waals surface area contributed by atoms with Gasteiger partial charge < -0.3 is 0 Å². The highest BCUT2D eigenvalue weighted by Crippen LogP contribution is 2.49. The van der Waals surface area contributed by atoms with E-state index < -0.39 is 0 Å². The highest BCUT2D eigenvalue weighted by Gasteiger charge is 2.31. The summed E-state index contributed by atoms with van der Waals surface area (Å²) >= 11 is 0. The maximum atomic E-state index is 2.37. The van der Waals surface area contributed by atoms with Crippen molar-refractivity contribution in [3.8, 4) is 22.3 Å². The van der Waals surface area contributed by atoms with E-state index in [9.17, 15) is 0 Å². The average molecular weight is 387 g/mol. The van der Waals surface area contributed by atoms with Crippen LogP contribution in [0.1, 0.15) is 52.6 Å². The van der Waals surface area contributed by atoms with Crippen LogP contribution in [0.3, 0.4) is 0 Å². The van der Waals surface area contributed by atoms with E-state index in [-0.39, 0.29) is 0 Å². The fraction of sp³-hybridized carbons (Fsp3) is 0.200. The standard InChI is InChI=1S/C30H26/c1-2-9-20-11-7-17-27-25-14-5-6-15-26(25)29(30(20)27)19-22-12-8-16-24-23-13-4-3-10-21(23)18-28(22)24/h3-8,10-17,29H,2,9,18-19H2,1H3. The summed E-state index contributed by atoms with van der Waals surface area (Å²) in [5, 5.41) is 0. The summed E-state index contributed by atoms with van der Waals surface area (Å²) in [6.07, 6.45) is 4.50. The molecule has 0 amide bonds. The van der Waals surface area contributed by atoms with Crippen LogP contribution in [0.4, 0.5) is 0 Å². The number of aryl methyl sites for hydroxylation is 1. The van der Waals surface area contributed by atoms with Crippen LogP contribution in [0.25, 0.3) is 22.3 Å². The van der Waals surface area contributed by atoms with Gasteiger partial charge in [-0.2, -0.15) is 0 Å². The molecule has 0 nitrogen and oxygen atoms in total. The predicted octanol–water partition coefficient (Wildman–Crippen LogP) is 7.57. The zero-order chi connectivity index (χ0) is 20.1. The zero-order valence-electron chi connectivity index (χ0n) is 17.5. The monoisotopic (exact) mass is 386 g/mol. The van der Waals surface area contributed by atoms with Crippen molar-refractivity contribution in [1.29, 1.82) is 0 Å². The van der Waals surface area contributed by atoms with E-state index in [2.05, 4.69) is 91.9 Å². The first-order chi connectivity index (χ1) is 14.8. The molecule has 0 bridgehead atoms. The van der Waals surface area contributed by atoms with Crippen molar-refractivity contribution < 1.29 is 0 Å². The Morgan fingerprint density at radius 2 is 1.37 bits per heavy atom. The molecule has 0 heteroatoms. The lowest BCUT2D eigenvalue weighted by atomic mass is 9.84. The van der Waals surface area contributed by atoms with Crippen molar-refractivity contribution in [2.45, 2.75) is 38.5 Å². The Balaban J connectivity index is 1.48. The molecular weight excluding hydrogens is 360 g/mol.